The number of ether oxygens (including phenoxy) is 2. The fraction of sp³-hybridized carbons (Fsp3) is 0.278. The van der Waals surface area contributed by atoms with Crippen LogP contribution in [0.15, 0.2) is 46.9 Å². The minimum atomic E-state index is -0.856. The average molecular weight is 408 g/mol. The normalized spacial score (nSPS) is 11.9. The first-order chi connectivity index (χ1) is 11.8. The molecule has 2 aromatic carbocycles. The highest BCUT2D eigenvalue weighted by atomic mass is 79.9. The van der Waals surface area contributed by atoms with Crippen molar-refractivity contribution in [3.8, 4) is 11.5 Å². The van der Waals surface area contributed by atoms with Crippen molar-refractivity contribution in [3.63, 3.8) is 0 Å². The van der Waals surface area contributed by atoms with E-state index in [0.717, 1.165) is 10.0 Å². The summed E-state index contributed by atoms with van der Waals surface area (Å²) in [7, 11) is 0. The molecular formula is C18H18BrNO5. The summed E-state index contributed by atoms with van der Waals surface area (Å²) in [5.41, 5.74) is 0.865. The monoisotopic (exact) mass is 407 g/mol. The second-order valence-electron chi connectivity index (χ2n) is 5.77. The molecule has 132 valence electrons. The van der Waals surface area contributed by atoms with Crippen molar-refractivity contribution in [1.29, 1.82) is 0 Å². The third-order valence-corrected chi connectivity index (χ3v) is 3.99. The van der Waals surface area contributed by atoms with Crippen LogP contribution in [-0.4, -0.2) is 17.0 Å². The molecule has 2 aromatic rings. The Balaban J connectivity index is 2.07. The van der Waals surface area contributed by atoms with Crippen LogP contribution < -0.4 is 9.47 Å². The number of nitrogens with zero attached hydrogens (tertiary/aromatic N) is 1. The Morgan fingerprint density at radius 2 is 1.76 bits per heavy atom. The van der Waals surface area contributed by atoms with Crippen LogP contribution in [0.4, 0.5) is 5.69 Å². The number of nitro groups is 1. The topological polar surface area (TPSA) is 78.7 Å². The highest BCUT2D eigenvalue weighted by Crippen LogP contribution is 2.30. The van der Waals surface area contributed by atoms with Crippen molar-refractivity contribution in [1.82, 2.24) is 0 Å². The molecule has 0 aliphatic heterocycles. The number of non-ortho nitro benzene ring substituents is 1. The van der Waals surface area contributed by atoms with E-state index in [1.54, 1.807) is 19.1 Å². The molecule has 0 aromatic heterocycles. The number of rotatable bonds is 6. The third kappa shape index (κ3) is 5.03. The Bertz CT molecular complexity index is 774. The van der Waals surface area contributed by atoms with Gasteiger partial charge in [0.25, 0.3) is 5.69 Å². The van der Waals surface area contributed by atoms with Gasteiger partial charge in [-0.05, 0) is 48.7 Å². The first-order valence-electron chi connectivity index (χ1n) is 7.70. The van der Waals surface area contributed by atoms with Crippen LogP contribution in [0.3, 0.4) is 0 Å². The molecule has 0 bridgehead atoms. The van der Waals surface area contributed by atoms with Crippen LogP contribution in [0.1, 0.15) is 32.3 Å². The van der Waals surface area contributed by atoms with E-state index < -0.39 is 17.0 Å². The molecule has 0 fully saturated rings. The van der Waals surface area contributed by atoms with E-state index in [-0.39, 0.29) is 11.6 Å². The van der Waals surface area contributed by atoms with E-state index >= 15 is 0 Å². The van der Waals surface area contributed by atoms with Gasteiger partial charge in [0, 0.05) is 16.6 Å². The molecule has 0 radical (unpaired) electrons. The van der Waals surface area contributed by atoms with Crippen LogP contribution >= 0.6 is 15.9 Å². The van der Waals surface area contributed by atoms with Crippen molar-refractivity contribution in [2.24, 2.45) is 0 Å². The van der Waals surface area contributed by atoms with E-state index in [2.05, 4.69) is 15.9 Å². The van der Waals surface area contributed by atoms with Gasteiger partial charge in [-0.25, -0.2) is 4.79 Å². The summed E-state index contributed by atoms with van der Waals surface area (Å²) in [5.74, 6) is 0.492. The highest BCUT2D eigenvalue weighted by molar-refractivity contribution is 9.10. The summed E-state index contributed by atoms with van der Waals surface area (Å²) < 4.78 is 11.9. The third-order valence-electron chi connectivity index (χ3n) is 3.50. The molecule has 0 amide bonds. The Kier molecular flexibility index (Phi) is 6.14. The summed E-state index contributed by atoms with van der Waals surface area (Å²) in [5, 5.41) is 10.6. The van der Waals surface area contributed by atoms with Crippen LogP contribution in [-0.2, 0) is 4.79 Å². The lowest BCUT2D eigenvalue weighted by molar-refractivity contribution is -0.384. The number of hydrogen-bond donors (Lipinski definition) is 0. The minimum absolute atomic E-state index is 0.0426. The Labute approximate surface area is 154 Å². The molecule has 0 aliphatic carbocycles. The van der Waals surface area contributed by atoms with E-state index in [1.165, 1.54) is 24.3 Å². The van der Waals surface area contributed by atoms with Gasteiger partial charge in [-0.2, -0.15) is 0 Å². The number of carbonyl (C=O) groups excluding carboxylic acids is 1. The van der Waals surface area contributed by atoms with Crippen molar-refractivity contribution >= 4 is 27.6 Å². The molecule has 1 unspecified atom stereocenters. The Morgan fingerprint density at radius 1 is 1.12 bits per heavy atom. The number of benzene rings is 2. The molecule has 0 aliphatic rings. The number of halogens is 1. The summed E-state index contributed by atoms with van der Waals surface area (Å²) in [6, 6.07) is 11.0. The van der Waals surface area contributed by atoms with Gasteiger partial charge in [0.05, 0.1) is 4.92 Å². The second-order valence-corrected chi connectivity index (χ2v) is 6.68. The average Bonchev–Trinajstić information content (AvgIpc) is 2.56. The SMILES string of the molecule is CC(Oc1ccc([N+](=O)[O-])cc1)C(=O)Oc1ccc(Br)cc1C(C)C. The van der Waals surface area contributed by atoms with Crippen molar-refractivity contribution in [2.75, 3.05) is 0 Å². The quantitative estimate of drug-likeness (QED) is 0.295. The molecule has 2 rings (SSSR count). The predicted octanol–water partition coefficient (Wildman–Crippen LogP) is 4.85. The summed E-state index contributed by atoms with van der Waals surface area (Å²) >= 11 is 3.41. The lowest BCUT2D eigenvalue weighted by Crippen LogP contribution is -2.28. The van der Waals surface area contributed by atoms with Gasteiger partial charge in [0.1, 0.15) is 11.5 Å². The van der Waals surface area contributed by atoms with Crippen molar-refractivity contribution in [3.05, 3.63) is 62.6 Å². The van der Waals surface area contributed by atoms with E-state index in [1.807, 2.05) is 19.9 Å². The zero-order chi connectivity index (χ0) is 18.6. The van der Waals surface area contributed by atoms with E-state index in [0.29, 0.717) is 11.5 Å². The van der Waals surface area contributed by atoms with Gasteiger partial charge in [0.2, 0.25) is 0 Å². The largest absolute Gasteiger partial charge is 0.479 e. The fourth-order valence-electron chi connectivity index (χ4n) is 2.15. The van der Waals surface area contributed by atoms with Gasteiger partial charge in [0.15, 0.2) is 6.10 Å². The predicted molar refractivity (Wildman–Crippen MR) is 97.1 cm³/mol. The van der Waals surface area contributed by atoms with Crippen LogP contribution in [0.5, 0.6) is 11.5 Å². The number of esters is 1. The van der Waals surface area contributed by atoms with E-state index in [4.69, 9.17) is 9.47 Å². The molecule has 0 heterocycles. The smallest absolute Gasteiger partial charge is 0.352 e. The number of hydrogen-bond acceptors (Lipinski definition) is 5. The van der Waals surface area contributed by atoms with Crippen LogP contribution in [0.25, 0.3) is 0 Å². The molecule has 25 heavy (non-hydrogen) atoms. The van der Waals surface area contributed by atoms with Gasteiger partial charge in [-0.15, -0.1) is 0 Å². The lowest BCUT2D eigenvalue weighted by atomic mass is 10.0. The molecular weight excluding hydrogens is 390 g/mol. The van der Waals surface area contributed by atoms with Crippen molar-refractivity contribution in [2.45, 2.75) is 32.8 Å². The van der Waals surface area contributed by atoms with Gasteiger partial charge >= 0.3 is 5.97 Å². The number of carbonyl (C=O) groups is 1. The molecule has 6 nitrogen and oxygen atoms in total. The molecule has 7 heteroatoms. The van der Waals surface area contributed by atoms with Gasteiger partial charge in [-0.3, -0.25) is 10.1 Å². The molecule has 0 saturated carbocycles. The molecule has 0 spiro atoms. The zero-order valence-electron chi connectivity index (χ0n) is 14.1. The maximum Gasteiger partial charge on any atom is 0.352 e. The standard InChI is InChI=1S/C18H18BrNO5/c1-11(2)16-10-13(19)4-9-17(16)25-18(21)12(3)24-15-7-5-14(6-8-15)20(22)23/h4-12H,1-3H3. The lowest BCUT2D eigenvalue weighted by Gasteiger charge is -2.17. The maximum atomic E-state index is 12.3. The van der Waals surface area contributed by atoms with Crippen LogP contribution in [0.2, 0.25) is 0 Å². The molecule has 1 atom stereocenters. The zero-order valence-corrected chi connectivity index (χ0v) is 15.6. The second kappa shape index (κ2) is 8.11. The first kappa shape index (κ1) is 18.9. The fourth-order valence-corrected chi connectivity index (χ4v) is 2.53. The van der Waals surface area contributed by atoms with E-state index in [9.17, 15) is 14.9 Å². The number of nitro benzene ring substituents is 1. The summed E-state index contributed by atoms with van der Waals surface area (Å²) in [6.07, 6.45) is -0.856. The van der Waals surface area contributed by atoms with Gasteiger partial charge in [-0.1, -0.05) is 29.8 Å². The minimum Gasteiger partial charge on any atom is -0.479 e. The maximum absolute atomic E-state index is 12.3. The van der Waals surface area contributed by atoms with Crippen LogP contribution in [0, 0.1) is 10.1 Å². The Morgan fingerprint density at radius 3 is 2.32 bits per heavy atom. The molecule has 0 N–H and O–H groups in total. The molecule has 0 saturated heterocycles. The first-order valence-corrected chi connectivity index (χ1v) is 8.49. The summed E-state index contributed by atoms with van der Waals surface area (Å²) in [4.78, 5) is 22.4. The Hall–Kier alpha value is -2.41. The summed E-state index contributed by atoms with van der Waals surface area (Å²) in [6.45, 7) is 5.59. The van der Waals surface area contributed by atoms with Crippen molar-refractivity contribution < 1.29 is 19.2 Å². The van der Waals surface area contributed by atoms with Gasteiger partial charge < -0.3 is 9.47 Å². The highest BCUT2D eigenvalue weighted by Gasteiger charge is 2.20.